The monoisotopic (exact) mass is 403 g/mol. The van der Waals surface area contributed by atoms with Crippen molar-refractivity contribution >= 4 is 27.9 Å². The first kappa shape index (κ1) is 18.1. The molecule has 1 saturated heterocycles. The van der Waals surface area contributed by atoms with Crippen LogP contribution in [0.5, 0.6) is 0 Å². The maximum atomic E-state index is 13.6. The molecule has 5 nitrogen and oxygen atoms in total. The highest BCUT2D eigenvalue weighted by molar-refractivity contribution is 7.15. The zero-order valence-corrected chi connectivity index (χ0v) is 16.7. The van der Waals surface area contributed by atoms with Crippen LogP contribution in [0.1, 0.15) is 18.4 Å². The number of carbonyl (C=O) groups excluding carboxylic acids is 1. The van der Waals surface area contributed by atoms with Gasteiger partial charge in [0.1, 0.15) is 0 Å². The number of benzene rings is 2. The van der Waals surface area contributed by atoms with Gasteiger partial charge in [-0.2, -0.15) is 0 Å². The summed E-state index contributed by atoms with van der Waals surface area (Å²) in [6.07, 6.45) is 5.33. The minimum Gasteiger partial charge on any atom is -0.381 e. The maximum absolute atomic E-state index is 13.6. The van der Waals surface area contributed by atoms with Crippen molar-refractivity contribution in [1.29, 1.82) is 0 Å². The number of carbonyl (C=O) groups is 1. The molecule has 0 spiro atoms. The van der Waals surface area contributed by atoms with Gasteiger partial charge >= 0.3 is 0 Å². The van der Waals surface area contributed by atoms with Crippen molar-refractivity contribution in [1.82, 2.24) is 9.38 Å². The van der Waals surface area contributed by atoms with E-state index >= 15 is 0 Å². The van der Waals surface area contributed by atoms with E-state index in [1.807, 2.05) is 76.8 Å². The van der Waals surface area contributed by atoms with Gasteiger partial charge in [-0.1, -0.05) is 48.5 Å². The van der Waals surface area contributed by atoms with E-state index in [1.54, 1.807) is 11.3 Å². The predicted octanol–water partition coefficient (Wildman–Crippen LogP) is 4.75. The predicted molar refractivity (Wildman–Crippen MR) is 115 cm³/mol. The van der Waals surface area contributed by atoms with Gasteiger partial charge in [0.05, 0.1) is 16.8 Å². The van der Waals surface area contributed by atoms with Gasteiger partial charge in [-0.25, -0.2) is 4.98 Å². The largest absolute Gasteiger partial charge is 0.381 e. The van der Waals surface area contributed by atoms with Crippen molar-refractivity contribution in [2.75, 3.05) is 18.5 Å². The fourth-order valence-electron chi connectivity index (χ4n) is 4.04. The quantitative estimate of drug-likeness (QED) is 0.535. The Labute approximate surface area is 173 Å². The van der Waals surface area contributed by atoms with Gasteiger partial charge in [-0.15, -0.1) is 11.3 Å². The van der Waals surface area contributed by atoms with E-state index in [0.29, 0.717) is 26.1 Å². The molecule has 5 rings (SSSR count). The molecule has 0 radical (unpaired) electrons. The summed E-state index contributed by atoms with van der Waals surface area (Å²) in [6.45, 7) is 1.17. The molecule has 1 fully saturated rings. The van der Waals surface area contributed by atoms with E-state index in [2.05, 4.69) is 5.32 Å². The number of aromatic nitrogens is 2. The SMILES string of the molecule is O=C(Nc1ccccc1-c1cn2ccsc2n1)C1(c2ccccc2)CCOCC1. The van der Waals surface area contributed by atoms with Crippen molar-refractivity contribution in [2.45, 2.75) is 18.3 Å². The lowest BCUT2D eigenvalue weighted by Gasteiger charge is -2.36. The van der Waals surface area contributed by atoms with Crippen molar-refractivity contribution in [3.8, 4) is 11.3 Å². The van der Waals surface area contributed by atoms with Gasteiger partial charge in [0.2, 0.25) is 5.91 Å². The highest BCUT2D eigenvalue weighted by Gasteiger charge is 2.41. The summed E-state index contributed by atoms with van der Waals surface area (Å²) in [5.74, 6) is 0.0143. The fraction of sp³-hybridized carbons (Fsp3) is 0.217. The number of amides is 1. The maximum Gasteiger partial charge on any atom is 0.235 e. The number of ether oxygens (including phenoxy) is 1. The van der Waals surface area contributed by atoms with Crippen molar-refractivity contribution in [2.24, 2.45) is 0 Å². The number of para-hydroxylation sites is 1. The molecule has 0 atom stereocenters. The van der Waals surface area contributed by atoms with E-state index in [-0.39, 0.29) is 5.91 Å². The molecule has 0 aliphatic carbocycles. The highest BCUT2D eigenvalue weighted by Crippen LogP contribution is 2.37. The second kappa shape index (κ2) is 7.46. The van der Waals surface area contributed by atoms with E-state index in [9.17, 15) is 4.79 Å². The van der Waals surface area contributed by atoms with E-state index in [4.69, 9.17) is 9.72 Å². The van der Waals surface area contributed by atoms with Crippen LogP contribution < -0.4 is 5.32 Å². The number of nitrogens with zero attached hydrogens (tertiary/aromatic N) is 2. The van der Waals surface area contributed by atoms with Gasteiger partial charge < -0.3 is 10.1 Å². The number of nitrogens with one attached hydrogen (secondary N) is 1. The van der Waals surface area contributed by atoms with Crippen LogP contribution in [0.2, 0.25) is 0 Å². The Balaban J connectivity index is 1.51. The van der Waals surface area contributed by atoms with E-state index in [0.717, 1.165) is 27.5 Å². The van der Waals surface area contributed by atoms with Gasteiger partial charge in [0, 0.05) is 36.6 Å². The molecule has 1 aliphatic rings. The standard InChI is InChI=1S/C23H21N3O2S/c27-21(23(10-13-28-14-11-23)17-6-2-1-3-7-17)24-19-9-5-4-8-18(19)20-16-26-12-15-29-22(26)25-20/h1-9,12,15-16H,10-11,13-14H2,(H,24,27). The summed E-state index contributed by atoms with van der Waals surface area (Å²) in [6, 6.07) is 17.9. The number of hydrogen-bond donors (Lipinski definition) is 1. The summed E-state index contributed by atoms with van der Waals surface area (Å²) in [5, 5.41) is 5.22. The average molecular weight is 404 g/mol. The van der Waals surface area contributed by atoms with Crippen molar-refractivity contribution < 1.29 is 9.53 Å². The fourth-order valence-corrected chi connectivity index (χ4v) is 4.74. The zero-order valence-electron chi connectivity index (χ0n) is 15.9. The Bertz CT molecular complexity index is 1110. The van der Waals surface area contributed by atoms with Gasteiger partial charge in [0.25, 0.3) is 0 Å². The normalized spacial score (nSPS) is 16.0. The van der Waals surface area contributed by atoms with Gasteiger partial charge in [-0.3, -0.25) is 9.20 Å². The summed E-state index contributed by atoms with van der Waals surface area (Å²) < 4.78 is 7.58. The number of thiazole rings is 1. The molecule has 6 heteroatoms. The van der Waals surface area contributed by atoms with Gasteiger partial charge in [0.15, 0.2) is 4.96 Å². The Morgan fingerprint density at radius 3 is 2.62 bits per heavy atom. The van der Waals surface area contributed by atoms with Crippen LogP contribution in [0.25, 0.3) is 16.2 Å². The topological polar surface area (TPSA) is 55.6 Å². The molecule has 4 aromatic rings. The van der Waals surface area contributed by atoms with Crippen molar-refractivity contribution in [3.63, 3.8) is 0 Å². The third-order valence-corrected chi connectivity index (χ3v) is 6.42. The van der Waals surface area contributed by atoms with Crippen LogP contribution in [0, 0.1) is 0 Å². The van der Waals surface area contributed by atoms with E-state index < -0.39 is 5.41 Å². The summed E-state index contributed by atoms with van der Waals surface area (Å²) >= 11 is 1.59. The lowest BCUT2D eigenvalue weighted by atomic mass is 9.73. The molecule has 1 aliphatic heterocycles. The number of anilines is 1. The Kier molecular flexibility index (Phi) is 4.66. The van der Waals surface area contributed by atoms with Crippen LogP contribution in [-0.4, -0.2) is 28.5 Å². The molecule has 0 bridgehead atoms. The molecule has 0 unspecified atom stereocenters. The molecular formula is C23H21N3O2S. The molecule has 0 saturated carbocycles. The third-order valence-electron chi connectivity index (χ3n) is 5.65. The highest BCUT2D eigenvalue weighted by atomic mass is 32.1. The van der Waals surface area contributed by atoms with Crippen LogP contribution in [0.4, 0.5) is 5.69 Å². The molecular weight excluding hydrogens is 382 g/mol. The lowest BCUT2D eigenvalue weighted by molar-refractivity contribution is -0.125. The minimum atomic E-state index is -0.582. The smallest absolute Gasteiger partial charge is 0.235 e. The third kappa shape index (κ3) is 3.24. The molecule has 3 heterocycles. The van der Waals surface area contributed by atoms with Crippen LogP contribution in [0.15, 0.2) is 72.4 Å². The molecule has 146 valence electrons. The number of rotatable bonds is 4. The van der Waals surface area contributed by atoms with Crippen LogP contribution in [0.3, 0.4) is 0 Å². The Morgan fingerprint density at radius 2 is 1.83 bits per heavy atom. The minimum absolute atomic E-state index is 0.0143. The van der Waals surface area contributed by atoms with Gasteiger partial charge in [-0.05, 0) is 24.5 Å². The summed E-state index contributed by atoms with van der Waals surface area (Å²) in [4.78, 5) is 19.3. The molecule has 2 aromatic heterocycles. The molecule has 1 N–H and O–H groups in total. The Morgan fingerprint density at radius 1 is 1.07 bits per heavy atom. The number of hydrogen-bond acceptors (Lipinski definition) is 4. The summed E-state index contributed by atoms with van der Waals surface area (Å²) in [5.41, 5.74) is 3.02. The molecule has 1 amide bonds. The second-order valence-electron chi connectivity index (χ2n) is 7.28. The van der Waals surface area contributed by atoms with Crippen LogP contribution >= 0.6 is 11.3 Å². The lowest BCUT2D eigenvalue weighted by Crippen LogP contribution is -2.44. The zero-order chi connectivity index (χ0) is 19.7. The Hall–Kier alpha value is -2.96. The first-order valence-corrected chi connectivity index (χ1v) is 10.6. The van der Waals surface area contributed by atoms with E-state index in [1.165, 1.54) is 0 Å². The first-order valence-electron chi connectivity index (χ1n) is 9.73. The van der Waals surface area contributed by atoms with Crippen molar-refractivity contribution in [3.05, 3.63) is 77.9 Å². The molecule has 29 heavy (non-hydrogen) atoms. The second-order valence-corrected chi connectivity index (χ2v) is 8.15. The average Bonchev–Trinajstić information content (AvgIpc) is 3.38. The summed E-state index contributed by atoms with van der Waals surface area (Å²) in [7, 11) is 0. The molecule has 2 aromatic carbocycles. The van der Waals surface area contributed by atoms with Crippen LogP contribution in [-0.2, 0) is 14.9 Å². The number of fused-ring (bicyclic) bond motifs is 1. The number of imidazole rings is 1. The first-order chi connectivity index (χ1) is 14.3.